The number of aryl methyl sites for hydroxylation is 1. The normalized spacial score (nSPS) is 14.1. The van der Waals surface area contributed by atoms with Crippen LogP contribution >= 0.6 is 0 Å². The minimum Gasteiger partial charge on any atom is -0.309 e. The van der Waals surface area contributed by atoms with Crippen LogP contribution in [0.25, 0.3) is 94.8 Å². The minimum absolute atomic E-state index is 0.0352. The first-order valence-electron chi connectivity index (χ1n) is 24.7. The predicted octanol–water partition coefficient (Wildman–Crippen LogP) is 18.3. The number of nitrogens with zero attached hydrogens (tertiary/aromatic N) is 1. The zero-order valence-electron chi connectivity index (χ0n) is 40.4. The lowest BCUT2D eigenvalue weighted by Gasteiger charge is -2.23. The maximum absolute atomic E-state index is 2.46. The van der Waals surface area contributed by atoms with E-state index in [0.29, 0.717) is 0 Å². The lowest BCUT2D eigenvalue weighted by molar-refractivity contribution is 0.659. The third kappa shape index (κ3) is 6.67. The van der Waals surface area contributed by atoms with Crippen molar-refractivity contribution in [2.45, 2.75) is 45.4 Å². The summed E-state index contributed by atoms with van der Waals surface area (Å²) in [6, 6.07) is 83.6. The van der Waals surface area contributed by atoms with Crippen LogP contribution in [-0.4, -0.2) is 4.57 Å². The molecular formula is C69H53N. The molecule has 13 rings (SSSR count). The Balaban J connectivity index is 0.784. The van der Waals surface area contributed by atoms with Crippen molar-refractivity contribution in [2.24, 2.45) is 0 Å². The monoisotopic (exact) mass is 895 g/mol. The minimum atomic E-state index is -0.140. The maximum Gasteiger partial charge on any atom is 0.0541 e. The first-order chi connectivity index (χ1) is 34.1. The second kappa shape index (κ2) is 15.9. The number of fused-ring (bicyclic) bond motifs is 9. The van der Waals surface area contributed by atoms with Crippen molar-refractivity contribution in [3.8, 4) is 61.3 Å². The van der Waals surface area contributed by atoms with Gasteiger partial charge in [-0.2, -0.15) is 0 Å². The van der Waals surface area contributed by atoms with Gasteiger partial charge in [0.2, 0.25) is 0 Å². The topological polar surface area (TPSA) is 4.93 Å². The molecule has 11 aromatic rings. The molecule has 70 heavy (non-hydrogen) atoms. The molecule has 2 aliphatic carbocycles. The van der Waals surface area contributed by atoms with E-state index in [4.69, 9.17) is 0 Å². The van der Waals surface area contributed by atoms with Crippen molar-refractivity contribution in [2.75, 3.05) is 0 Å². The lowest BCUT2D eigenvalue weighted by atomic mass is 9.80. The highest BCUT2D eigenvalue weighted by atomic mass is 15.0. The second-order valence-corrected chi connectivity index (χ2v) is 20.6. The number of benzene rings is 10. The van der Waals surface area contributed by atoms with Gasteiger partial charge in [-0.25, -0.2) is 0 Å². The SMILES string of the molecule is Cc1ccc2c(c1)C(C)(C)c1cc(-c3ccc4c(c3)C(C)(C)c3cc(-c5ccc(C=C(c6ccccc6)c6ccc(-c7ccc8c(c7)c7ccccc7n8-c7ccccc7)cc6)cc5)ccc3-4)ccc1-2. The fraction of sp³-hybridized carbons (Fsp3) is 0.101. The molecule has 0 spiro atoms. The van der Waals surface area contributed by atoms with E-state index >= 15 is 0 Å². The molecule has 1 aromatic heterocycles. The first kappa shape index (κ1) is 41.9. The molecule has 1 heterocycles. The molecule has 10 aromatic carbocycles. The molecular weight excluding hydrogens is 843 g/mol. The van der Waals surface area contributed by atoms with E-state index in [1.54, 1.807) is 0 Å². The molecule has 0 atom stereocenters. The highest BCUT2D eigenvalue weighted by molar-refractivity contribution is 6.10. The molecule has 0 fully saturated rings. The molecule has 0 unspecified atom stereocenters. The van der Waals surface area contributed by atoms with Gasteiger partial charge in [0.15, 0.2) is 0 Å². The molecule has 2 aliphatic rings. The Morgan fingerprint density at radius 1 is 0.357 bits per heavy atom. The Labute approximate surface area is 411 Å². The highest BCUT2D eigenvalue weighted by Crippen LogP contribution is 2.53. The van der Waals surface area contributed by atoms with Crippen molar-refractivity contribution >= 4 is 33.5 Å². The van der Waals surface area contributed by atoms with Crippen molar-refractivity contribution in [3.05, 3.63) is 269 Å². The molecule has 0 amide bonds. The van der Waals surface area contributed by atoms with Gasteiger partial charge >= 0.3 is 0 Å². The van der Waals surface area contributed by atoms with Crippen molar-refractivity contribution in [1.29, 1.82) is 0 Å². The van der Waals surface area contributed by atoms with E-state index in [1.807, 2.05) is 0 Å². The number of hydrogen-bond acceptors (Lipinski definition) is 0. The Kier molecular flexibility index (Phi) is 9.52. The summed E-state index contributed by atoms with van der Waals surface area (Å²) in [5.41, 5.74) is 28.0. The molecule has 0 saturated heterocycles. The number of hydrogen-bond donors (Lipinski definition) is 0. The quantitative estimate of drug-likeness (QED) is 0.141. The largest absolute Gasteiger partial charge is 0.309 e. The highest BCUT2D eigenvalue weighted by Gasteiger charge is 2.38. The van der Waals surface area contributed by atoms with E-state index in [2.05, 4.69) is 270 Å². The third-order valence-electron chi connectivity index (χ3n) is 15.7. The van der Waals surface area contributed by atoms with E-state index in [1.165, 1.54) is 133 Å². The van der Waals surface area contributed by atoms with Gasteiger partial charge in [-0.05, 0) is 162 Å². The van der Waals surface area contributed by atoms with Crippen LogP contribution in [0.15, 0.2) is 224 Å². The van der Waals surface area contributed by atoms with Gasteiger partial charge < -0.3 is 4.57 Å². The van der Waals surface area contributed by atoms with E-state index < -0.39 is 0 Å². The zero-order chi connectivity index (χ0) is 47.3. The third-order valence-corrected chi connectivity index (χ3v) is 15.7. The van der Waals surface area contributed by atoms with Gasteiger partial charge in [0, 0.05) is 27.3 Å². The smallest absolute Gasteiger partial charge is 0.0541 e. The lowest BCUT2D eigenvalue weighted by Crippen LogP contribution is -2.15. The van der Waals surface area contributed by atoms with Crippen LogP contribution in [0, 0.1) is 6.92 Å². The zero-order valence-corrected chi connectivity index (χ0v) is 40.4. The summed E-state index contributed by atoms with van der Waals surface area (Å²) >= 11 is 0. The van der Waals surface area contributed by atoms with Crippen LogP contribution < -0.4 is 0 Å². The Hall–Kier alpha value is -8.26. The Bertz CT molecular complexity index is 3900. The fourth-order valence-electron chi connectivity index (χ4n) is 11.9. The average molecular weight is 896 g/mol. The van der Waals surface area contributed by atoms with Gasteiger partial charge in [0.05, 0.1) is 11.0 Å². The van der Waals surface area contributed by atoms with Gasteiger partial charge in [-0.15, -0.1) is 0 Å². The summed E-state index contributed by atoms with van der Waals surface area (Å²) < 4.78 is 2.37. The molecule has 0 bridgehead atoms. The van der Waals surface area contributed by atoms with Crippen LogP contribution in [0.5, 0.6) is 0 Å². The summed E-state index contributed by atoms with van der Waals surface area (Å²) in [5, 5.41) is 2.52. The molecule has 0 saturated carbocycles. The Morgan fingerprint density at radius 3 is 1.39 bits per heavy atom. The molecule has 1 heteroatoms. The van der Waals surface area contributed by atoms with Crippen LogP contribution in [0.2, 0.25) is 0 Å². The molecule has 0 radical (unpaired) electrons. The van der Waals surface area contributed by atoms with E-state index in [0.717, 1.165) is 0 Å². The summed E-state index contributed by atoms with van der Waals surface area (Å²) in [4.78, 5) is 0. The van der Waals surface area contributed by atoms with E-state index in [9.17, 15) is 0 Å². The fourth-order valence-corrected chi connectivity index (χ4v) is 11.9. The summed E-state index contributed by atoms with van der Waals surface area (Å²) in [5.74, 6) is 0. The van der Waals surface area contributed by atoms with E-state index in [-0.39, 0.29) is 10.8 Å². The summed E-state index contributed by atoms with van der Waals surface area (Å²) in [6.45, 7) is 11.7. The number of aromatic nitrogens is 1. The van der Waals surface area contributed by atoms with Crippen molar-refractivity contribution in [3.63, 3.8) is 0 Å². The number of rotatable bonds is 7. The Morgan fingerprint density at radius 2 is 0.786 bits per heavy atom. The van der Waals surface area contributed by atoms with Gasteiger partial charge in [0.1, 0.15) is 0 Å². The summed E-state index contributed by atoms with van der Waals surface area (Å²) in [6.07, 6.45) is 2.33. The van der Waals surface area contributed by atoms with Gasteiger partial charge in [-0.1, -0.05) is 209 Å². The molecule has 1 nitrogen and oxygen atoms in total. The summed E-state index contributed by atoms with van der Waals surface area (Å²) in [7, 11) is 0. The average Bonchev–Trinajstić information content (AvgIpc) is 3.94. The first-order valence-corrected chi connectivity index (χ1v) is 24.7. The maximum atomic E-state index is 2.46. The standard InChI is InChI=1S/C69H53N/c1-44-20-33-55-56-35-30-52(42-64(56)68(2,3)62(55)38-44)53-31-36-58-57-34-29-51(41-63(57)69(4,5)65(58)43-53)46-23-21-45(22-24-46)39-60(48-14-8-6-9-15-48)49-27-25-47(26-28-49)50-32-37-67-61(40-50)59-18-12-13-19-66(59)70(67)54-16-10-7-11-17-54/h6-43H,1-5H3. The van der Waals surface area contributed by atoms with Crippen molar-refractivity contribution in [1.82, 2.24) is 4.57 Å². The van der Waals surface area contributed by atoms with Crippen LogP contribution in [-0.2, 0) is 10.8 Å². The van der Waals surface area contributed by atoms with Gasteiger partial charge in [0.25, 0.3) is 0 Å². The molecule has 0 N–H and O–H groups in total. The van der Waals surface area contributed by atoms with Crippen LogP contribution in [0.1, 0.15) is 72.2 Å². The van der Waals surface area contributed by atoms with Crippen LogP contribution in [0.3, 0.4) is 0 Å². The predicted molar refractivity (Wildman–Crippen MR) is 297 cm³/mol. The molecule has 334 valence electrons. The molecule has 0 aliphatic heterocycles. The second-order valence-electron chi connectivity index (χ2n) is 20.6. The van der Waals surface area contributed by atoms with Crippen LogP contribution in [0.4, 0.5) is 0 Å². The van der Waals surface area contributed by atoms with Gasteiger partial charge in [-0.3, -0.25) is 0 Å². The number of para-hydroxylation sites is 2. The van der Waals surface area contributed by atoms with Crippen molar-refractivity contribution < 1.29 is 0 Å².